The zero-order valence-corrected chi connectivity index (χ0v) is 9.23. The van der Waals surface area contributed by atoms with Crippen molar-refractivity contribution in [3.63, 3.8) is 0 Å². The van der Waals surface area contributed by atoms with Crippen LogP contribution in [0.2, 0.25) is 5.15 Å². The van der Waals surface area contributed by atoms with E-state index < -0.39 is 0 Å². The number of aromatic nitrogens is 1. The lowest BCUT2D eigenvalue weighted by Crippen LogP contribution is -2.25. The molecule has 0 aliphatic carbocycles. The molecule has 3 nitrogen and oxygen atoms in total. The fourth-order valence-electron chi connectivity index (χ4n) is 1.32. The van der Waals surface area contributed by atoms with Crippen molar-refractivity contribution in [2.45, 2.75) is 11.3 Å². The summed E-state index contributed by atoms with van der Waals surface area (Å²) in [5.74, 6) is 0.927. The van der Waals surface area contributed by atoms with Crippen LogP contribution < -0.4 is 4.90 Å². The molecule has 0 fully saturated rings. The highest BCUT2D eigenvalue weighted by molar-refractivity contribution is 7.99. The maximum Gasteiger partial charge on any atom is 0.227 e. The Kier molecular flexibility index (Phi) is 2.65. The predicted octanol–water partition coefficient (Wildman–Crippen LogP) is 2.19. The van der Waals surface area contributed by atoms with Crippen molar-refractivity contribution in [1.29, 1.82) is 0 Å². The van der Waals surface area contributed by atoms with E-state index in [1.54, 1.807) is 36.0 Å². The summed E-state index contributed by atoms with van der Waals surface area (Å²) in [6, 6.07) is 1.80. The van der Waals surface area contributed by atoms with Gasteiger partial charge in [-0.25, -0.2) is 4.98 Å². The molecule has 0 unspecified atom stereocenters. The molecule has 0 saturated heterocycles. The fraction of sp³-hybridized carbons (Fsp3) is 0.333. The lowest BCUT2D eigenvalue weighted by Gasteiger charge is -2.15. The molecule has 1 aromatic rings. The smallest absolute Gasteiger partial charge is 0.227 e. The van der Waals surface area contributed by atoms with Crippen molar-refractivity contribution in [2.24, 2.45) is 0 Å². The molecular formula is C9H9ClN2OS. The Balaban J connectivity index is 2.48. The van der Waals surface area contributed by atoms with Crippen molar-refractivity contribution in [2.75, 3.05) is 17.7 Å². The third-order valence-electron chi connectivity index (χ3n) is 2.12. The van der Waals surface area contributed by atoms with E-state index in [1.165, 1.54) is 0 Å². The molecule has 0 N–H and O–H groups in total. The summed E-state index contributed by atoms with van der Waals surface area (Å²) < 4.78 is 0. The SMILES string of the molecule is CN1C(=O)CCSc2cc(Cl)ncc21. The number of pyridine rings is 1. The van der Waals surface area contributed by atoms with Crippen LogP contribution >= 0.6 is 23.4 Å². The average molecular weight is 229 g/mol. The van der Waals surface area contributed by atoms with Crippen LogP contribution in [0, 0.1) is 0 Å². The summed E-state index contributed by atoms with van der Waals surface area (Å²) in [7, 11) is 1.77. The monoisotopic (exact) mass is 228 g/mol. The Morgan fingerprint density at radius 2 is 2.43 bits per heavy atom. The number of nitrogens with zero attached hydrogens (tertiary/aromatic N) is 2. The first kappa shape index (κ1) is 9.80. The number of amides is 1. The number of fused-ring (bicyclic) bond motifs is 1. The number of rotatable bonds is 0. The minimum absolute atomic E-state index is 0.125. The molecule has 0 saturated carbocycles. The van der Waals surface area contributed by atoms with E-state index >= 15 is 0 Å². The molecule has 0 radical (unpaired) electrons. The second-order valence-corrected chi connectivity index (χ2v) is 4.55. The van der Waals surface area contributed by atoms with Crippen LogP contribution in [-0.4, -0.2) is 23.7 Å². The molecule has 0 aromatic carbocycles. The largest absolute Gasteiger partial charge is 0.313 e. The van der Waals surface area contributed by atoms with Gasteiger partial charge in [-0.1, -0.05) is 11.6 Å². The van der Waals surface area contributed by atoms with Crippen molar-refractivity contribution in [3.8, 4) is 0 Å². The van der Waals surface area contributed by atoms with Gasteiger partial charge in [-0.15, -0.1) is 11.8 Å². The third kappa shape index (κ3) is 1.72. The van der Waals surface area contributed by atoms with Crippen LogP contribution in [0.4, 0.5) is 5.69 Å². The molecule has 14 heavy (non-hydrogen) atoms. The van der Waals surface area contributed by atoms with Crippen LogP contribution in [0.1, 0.15) is 6.42 Å². The van der Waals surface area contributed by atoms with Crippen LogP contribution in [0.3, 0.4) is 0 Å². The van der Waals surface area contributed by atoms with E-state index in [0.717, 1.165) is 16.3 Å². The maximum atomic E-state index is 11.5. The number of carbonyl (C=O) groups excluding carboxylic acids is 1. The molecule has 0 bridgehead atoms. The van der Waals surface area contributed by atoms with Gasteiger partial charge in [0.15, 0.2) is 0 Å². The highest BCUT2D eigenvalue weighted by atomic mass is 35.5. The number of thioether (sulfide) groups is 1. The summed E-state index contributed by atoms with van der Waals surface area (Å²) in [6.07, 6.45) is 2.21. The first-order valence-electron chi connectivity index (χ1n) is 4.23. The molecular weight excluding hydrogens is 220 g/mol. The minimum Gasteiger partial charge on any atom is -0.313 e. The number of halogens is 1. The van der Waals surface area contributed by atoms with Crippen LogP contribution in [0.25, 0.3) is 0 Å². The van der Waals surface area contributed by atoms with Crippen molar-refractivity contribution in [1.82, 2.24) is 4.98 Å². The molecule has 2 rings (SSSR count). The Hall–Kier alpha value is -0.740. The van der Waals surface area contributed by atoms with Crippen LogP contribution in [-0.2, 0) is 4.79 Å². The zero-order valence-electron chi connectivity index (χ0n) is 7.66. The second-order valence-electron chi connectivity index (χ2n) is 3.03. The topological polar surface area (TPSA) is 33.2 Å². The Morgan fingerprint density at radius 3 is 3.21 bits per heavy atom. The molecule has 0 spiro atoms. The normalized spacial score (nSPS) is 16.4. The lowest BCUT2D eigenvalue weighted by atomic mass is 10.3. The van der Waals surface area contributed by atoms with Crippen molar-refractivity contribution in [3.05, 3.63) is 17.4 Å². The summed E-state index contributed by atoms with van der Waals surface area (Å²) in [4.78, 5) is 18.2. The summed E-state index contributed by atoms with van der Waals surface area (Å²) in [5, 5.41) is 0.471. The summed E-state index contributed by atoms with van der Waals surface area (Å²) in [6.45, 7) is 0. The fourth-order valence-corrected chi connectivity index (χ4v) is 2.58. The van der Waals surface area contributed by atoms with Gasteiger partial charge in [0.1, 0.15) is 5.15 Å². The highest BCUT2D eigenvalue weighted by Gasteiger charge is 2.19. The molecule has 0 atom stereocenters. The van der Waals surface area contributed by atoms with E-state index in [9.17, 15) is 4.79 Å². The molecule has 1 aliphatic rings. The number of hydrogen-bond donors (Lipinski definition) is 0. The zero-order chi connectivity index (χ0) is 10.1. The Labute approximate surface area is 91.5 Å². The standard InChI is InChI=1S/C9H9ClN2OS/c1-12-6-5-11-8(10)4-7(6)14-3-2-9(12)13/h4-5H,2-3H2,1H3. The summed E-state index contributed by atoms with van der Waals surface area (Å²) >= 11 is 7.43. The quantitative estimate of drug-likeness (QED) is 0.639. The Morgan fingerprint density at radius 1 is 1.64 bits per heavy atom. The predicted molar refractivity (Wildman–Crippen MR) is 58.0 cm³/mol. The summed E-state index contributed by atoms with van der Waals surface area (Å²) in [5.41, 5.74) is 0.849. The first-order valence-corrected chi connectivity index (χ1v) is 5.60. The number of hydrogen-bond acceptors (Lipinski definition) is 3. The van der Waals surface area contributed by atoms with E-state index in [0.29, 0.717) is 11.6 Å². The molecule has 5 heteroatoms. The third-order valence-corrected chi connectivity index (χ3v) is 3.37. The van der Waals surface area contributed by atoms with Gasteiger partial charge in [-0.2, -0.15) is 0 Å². The number of carbonyl (C=O) groups is 1. The highest BCUT2D eigenvalue weighted by Crippen LogP contribution is 2.34. The van der Waals surface area contributed by atoms with E-state index in [-0.39, 0.29) is 5.91 Å². The van der Waals surface area contributed by atoms with Gasteiger partial charge in [-0.3, -0.25) is 4.79 Å². The average Bonchev–Trinajstić information content (AvgIpc) is 2.28. The van der Waals surface area contributed by atoms with Gasteiger partial charge in [0.05, 0.1) is 11.9 Å². The number of anilines is 1. The van der Waals surface area contributed by atoms with E-state index in [2.05, 4.69) is 4.98 Å². The van der Waals surface area contributed by atoms with Gasteiger partial charge in [0.2, 0.25) is 5.91 Å². The Bertz CT molecular complexity index is 383. The second kappa shape index (κ2) is 3.79. The van der Waals surface area contributed by atoms with Gasteiger partial charge >= 0.3 is 0 Å². The van der Waals surface area contributed by atoms with Crippen molar-refractivity contribution >= 4 is 35.0 Å². The lowest BCUT2D eigenvalue weighted by molar-refractivity contribution is -0.117. The van der Waals surface area contributed by atoms with Crippen LogP contribution in [0.5, 0.6) is 0 Å². The van der Waals surface area contributed by atoms with Gasteiger partial charge in [0, 0.05) is 24.1 Å². The van der Waals surface area contributed by atoms with Gasteiger partial charge < -0.3 is 4.90 Å². The molecule has 1 aliphatic heterocycles. The minimum atomic E-state index is 0.125. The molecule has 1 aromatic heterocycles. The van der Waals surface area contributed by atoms with E-state index in [4.69, 9.17) is 11.6 Å². The maximum absolute atomic E-state index is 11.5. The molecule has 2 heterocycles. The van der Waals surface area contributed by atoms with E-state index in [1.807, 2.05) is 0 Å². The van der Waals surface area contributed by atoms with Gasteiger partial charge in [0.25, 0.3) is 0 Å². The molecule has 74 valence electrons. The van der Waals surface area contributed by atoms with Crippen molar-refractivity contribution < 1.29 is 4.79 Å². The van der Waals surface area contributed by atoms with Crippen LogP contribution in [0.15, 0.2) is 17.2 Å². The molecule has 1 amide bonds. The van der Waals surface area contributed by atoms with Gasteiger partial charge in [-0.05, 0) is 6.07 Å². The first-order chi connectivity index (χ1) is 6.68.